The third-order valence-corrected chi connectivity index (χ3v) is 4.94. The molecule has 142 valence electrons. The number of hydrogen-bond donors (Lipinski definition) is 1. The molecule has 0 atom stereocenters. The van der Waals surface area contributed by atoms with Gasteiger partial charge in [-0.1, -0.05) is 53.5 Å². The Bertz CT molecular complexity index is 800. The number of carbonyl (C=O) groups is 1. The Balaban J connectivity index is 1.47. The molecular weight excluding hydrogens is 383 g/mol. The molecule has 2 aromatic rings. The molecule has 1 N–H and O–H groups in total. The first-order valence-corrected chi connectivity index (χ1v) is 9.64. The summed E-state index contributed by atoms with van der Waals surface area (Å²) in [6.07, 6.45) is 3.15. The molecule has 0 aromatic heterocycles. The summed E-state index contributed by atoms with van der Waals surface area (Å²) in [6.45, 7) is 4.97. The molecule has 0 aliphatic carbocycles. The number of hydrogen-bond acceptors (Lipinski definition) is 3. The highest BCUT2D eigenvalue weighted by atomic mass is 35.5. The van der Waals surface area contributed by atoms with Crippen molar-refractivity contribution in [3.63, 3.8) is 0 Å². The maximum absolute atomic E-state index is 12.0. The predicted octanol–water partition coefficient (Wildman–Crippen LogP) is 4.16. The first kappa shape index (κ1) is 19.9. The Hall–Kier alpha value is -1.85. The monoisotopic (exact) mass is 404 g/mol. The number of carbonyl (C=O) groups excluding carboxylic acids is 1. The number of amides is 1. The third-order valence-electron chi connectivity index (χ3n) is 4.38. The van der Waals surface area contributed by atoms with Gasteiger partial charge in [0.05, 0.1) is 13.2 Å². The van der Waals surface area contributed by atoms with E-state index in [0.29, 0.717) is 16.6 Å². The van der Waals surface area contributed by atoms with Crippen molar-refractivity contribution in [3.8, 4) is 0 Å². The highest BCUT2D eigenvalue weighted by Crippen LogP contribution is 2.21. The summed E-state index contributed by atoms with van der Waals surface area (Å²) in [5, 5.41) is 3.96. The maximum atomic E-state index is 12.0. The van der Waals surface area contributed by atoms with Gasteiger partial charge in [-0.25, -0.2) is 0 Å². The van der Waals surface area contributed by atoms with Crippen LogP contribution in [0.3, 0.4) is 0 Å². The topological polar surface area (TPSA) is 41.6 Å². The number of morpholine rings is 1. The molecule has 0 spiro atoms. The standard InChI is InChI=1S/C21H22Cl2N2O2/c22-19-7-5-18(20(23)13-19)6-8-21(26)24-14-16-1-3-17(4-2-16)15-25-9-11-27-12-10-25/h1-8,13H,9-12,14-15H2,(H,24,26). The van der Waals surface area contributed by atoms with Gasteiger partial charge in [-0.3, -0.25) is 9.69 Å². The Morgan fingerprint density at radius 2 is 1.78 bits per heavy atom. The van der Waals surface area contributed by atoms with Gasteiger partial charge >= 0.3 is 0 Å². The number of nitrogens with zero attached hydrogens (tertiary/aromatic N) is 1. The first-order valence-electron chi connectivity index (χ1n) is 8.89. The number of benzene rings is 2. The molecule has 0 unspecified atom stereocenters. The second-order valence-corrected chi connectivity index (χ2v) is 7.27. The molecule has 0 radical (unpaired) electrons. The van der Waals surface area contributed by atoms with Crippen molar-refractivity contribution in [3.05, 3.63) is 75.3 Å². The molecule has 2 aromatic carbocycles. The second-order valence-electron chi connectivity index (χ2n) is 6.42. The number of halogens is 2. The van der Waals surface area contributed by atoms with Crippen LogP contribution < -0.4 is 5.32 Å². The van der Waals surface area contributed by atoms with Gasteiger partial charge in [0.15, 0.2) is 0 Å². The third kappa shape index (κ3) is 6.36. The van der Waals surface area contributed by atoms with E-state index < -0.39 is 0 Å². The minimum Gasteiger partial charge on any atom is -0.379 e. The Morgan fingerprint density at radius 1 is 1.07 bits per heavy atom. The smallest absolute Gasteiger partial charge is 0.244 e. The Morgan fingerprint density at radius 3 is 2.48 bits per heavy atom. The van der Waals surface area contributed by atoms with Crippen LogP contribution >= 0.6 is 23.2 Å². The SMILES string of the molecule is O=C(C=Cc1ccc(Cl)cc1Cl)NCc1ccc(CN2CCOCC2)cc1. The molecule has 1 aliphatic heterocycles. The lowest BCUT2D eigenvalue weighted by molar-refractivity contribution is -0.116. The zero-order valence-electron chi connectivity index (χ0n) is 15.0. The van der Waals surface area contributed by atoms with Crippen molar-refractivity contribution in [1.29, 1.82) is 0 Å². The lowest BCUT2D eigenvalue weighted by Crippen LogP contribution is -2.35. The molecule has 1 heterocycles. The molecule has 0 saturated carbocycles. The minimum absolute atomic E-state index is 0.168. The van der Waals surface area contributed by atoms with E-state index in [1.165, 1.54) is 11.6 Å². The highest BCUT2D eigenvalue weighted by molar-refractivity contribution is 6.35. The predicted molar refractivity (Wildman–Crippen MR) is 110 cm³/mol. The van der Waals surface area contributed by atoms with Crippen molar-refractivity contribution in [2.75, 3.05) is 26.3 Å². The van der Waals surface area contributed by atoms with E-state index >= 15 is 0 Å². The molecule has 1 amide bonds. The van der Waals surface area contributed by atoms with Crippen LogP contribution in [0.4, 0.5) is 0 Å². The molecule has 6 heteroatoms. The van der Waals surface area contributed by atoms with E-state index in [0.717, 1.165) is 44.0 Å². The van der Waals surface area contributed by atoms with Crippen molar-refractivity contribution in [2.45, 2.75) is 13.1 Å². The van der Waals surface area contributed by atoms with Crippen LogP contribution in [0, 0.1) is 0 Å². The van der Waals surface area contributed by atoms with Gasteiger partial charge < -0.3 is 10.1 Å². The molecule has 1 fully saturated rings. The van der Waals surface area contributed by atoms with E-state index in [2.05, 4.69) is 34.5 Å². The normalized spacial score (nSPS) is 15.2. The summed E-state index contributed by atoms with van der Waals surface area (Å²) < 4.78 is 5.37. The first-order chi connectivity index (χ1) is 13.1. The fraction of sp³-hybridized carbons (Fsp3) is 0.286. The van der Waals surface area contributed by atoms with Crippen molar-refractivity contribution < 1.29 is 9.53 Å². The van der Waals surface area contributed by atoms with Crippen molar-refractivity contribution in [2.24, 2.45) is 0 Å². The van der Waals surface area contributed by atoms with Crippen molar-refractivity contribution in [1.82, 2.24) is 10.2 Å². The molecule has 0 bridgehead atoms. The van der Waals surface area contributed by atoms with Crippen LogP contribution in [0.5, 0.6) is 0 Å². The quantitative estimate of drug-likeness (QED) is 0.734. The van der Waals surface area contributed by atoms with E-state index in [1.54, 1.807) is 24.3 Å². The maximum Gasteiger partial charge on any atom is 0.244 e. The average Bonchev–Trinajstić information content (AvgIpc) is 2.67. The molecule has 27 heavy (non-hydrogen) atoms. The van der Waals surface area contributed by atoms with E-state index in [4.69, 9.17) is 27.9 Å². The molecule has 1 aliphatic rings. The zero-order chi connectivity index (χ0) is 19.1. The summed E-state index contributed by atoms with van der Waals surface area (Å²) in [5.41, 5.74) is 3.08. The van der Waals surface area contributed by atoms with Crippen LogP contribution in [0.2, 0.25) is 10.0 Å². The Kier molecular flexibility index (Phi) is 7.30. The van der Waals surface area contributed by atoms with Crippen LogP contribution in [0.1, 0.15) is 16.7 Å². The van der Waals surface area contributed by atoms with E-state index in [-0.39, 0.29) is 5.91 Å². The lowest BCUT2D eigenvalue weighted by atomic mass is 10.1. The average molecular weight is 405 g/mol. The van der Waals surface area contributed by atoms with Crippen LogP contribution in [-0.2, 0) is 22.6 Å². The van der Waals surface area contributed by atoms with Crippen LogP contribution in [-0.4, -0.2) is 37.1 Å². The fourth-order valence-corrected chi connectivity index (χ4v) is 3.30. The van der Waals surface area contributed by atoms with Gasteiger partial charge in [0.25, 0.3) is 0 Å². The zero-order valence-corrected chi connectivity index (χ0v) is 16.5. The summed E-state index contributed by atoms with van der Waals surface area (Å²) in [7, 11) is 0. The molecule has 1 saturated heterocycles. The molecule has 4 nitrogen and oxygen atoms in total. The van der Waals surface area contributed by atoms with E-state index in [9.17, 15) is 4.79 Å². The number of rotatable bonds is 6. The van der Waals surface area contributed by atoms with Crippen molar-refractivity contribution >= 4 is 35.2 Å². The Labute approximate surface area is 169 Å². The summed E-state index contributed by atoms with van der Waals surface area (Å²) in [4.78, 5) is 14.4. The van der Waals surface area contributed by atoms with Crippen LogP contribution in [0.25, 0.3) is 6.08 Å². The molecular formula is C21H22Cl2N2O2. The van der Waals surface area contributed by atoms with E-state index in [1.807, 2.05) is 0 Å². The second kappa shape index (κ2) is 9.90. The minimum atomic E-state index is -0.168. The van der Waals surface area contributed by atoms with Gasteiger partial charge in [0.1, 0.15) is 0 Å². The summed E-state index contributed by atoms with van der Waals surface area (Å²) in [6, 6.07) is 13.5. The summed E-state index contributed by atoms with van der Waals surface area (Å²) >= 11 is 12.0. The summed E-state index contributed by atoms with van der Waals surface area (Å²) in [5.74, 6) is -0.168. The lowest BCUT2D eigenvalue weighted by Gasteiger charge is -2.26. The number of nitrogens with one attached hydrogen (secondary N) is 1. The van der Waals surface area contributed by atoms with Gasteiger partial charge in [0.2, 0.25) is 5.91 Å². The van der Waals surface area contributed by atoms with Gasteiger partial charge in [-0.2, -0.15) is 0 Å². The largest absolute Gasteiger partial charge is 0.379 e. The molecule has 3 rings (SSSR count). The highest BCUT2D eigenvalue weighted by Gasteiger charge is 2.10. The van der Waals surface area contributed by atoms with Gasteiger partial charge in [-0.15, -0.1) is 0 Å². The van der Waals surface area contributed by atoms with Crippen LogP contribution in [0.15, 0.2) is 48.5 Å². The number of ether oxygens (including phenoxy) is 1. The van der Waals surface area contributed by atoms with Gasteiger partial charge in [0, 0.05) is 42.3 Å². The fourth-order valence-electron chi connectivity index (χ4n) is 2.83. The van der Waals surface area contributed by atoms with Gasteiger partial charge in [-0.05, 0) is 34.9 Å².